The second-order valence-electron chi connectivity index (χ2n) is 12.0. The van der Waals surface area contributed by atoms with Crippen molar-refractivity contribution in [2.45, 2.75) is 109 Å². The Morgan fingerprint density at radius 2 is 1.58 bits per heavy atom. The van der Waals surface area contributed by atoms with Crippen LogP contribution in [0.15, 0.2) is 16.4 Å². The normalized spacial score (nSPS) is 18.0. The van der Waals surface area contributed by atoms with Crippen molar-refractivity contribution in [3.05, 3.63) is 11.3 Å². The maximum absolute atomic E-state index is 13.7. The standard InChI is InChI=1S/C30H51N9O11/c1-6-9-18(24(44)37-21(15(3)7-2)26(46)36-19(12-40)28(48)49)35-25(45)20-10-8-11-33-39(20)27(47)22(16(4)31)38-23(43)17(5)34-29(50)30(32,13-41)14-42/h11,16-20,22,40-42H,6-10,12-14,31-32H2,1-5H3,(H,34,50)(H,35,45)(H,36,46)(H,37,44)(H,38,43)(H,48,49). The molecule has 0 aliphatic carbocycles. The number of amides is 6. The fourth-order valence-electron chi connectivity index (χ4n) is 4.46. The molecule has 20 nitrogen and oxygen atoms in total. The molecule has 1 heterocycles. The summed E-state index contributed by atoms with van der Waals surface area (Å²) in [5, 5.41) is 54.0. The Hall–Kier alpha value is -4.50. The molecule has 0 bridgehead atoms. The average molecular weight is 714 g/mol. The van der Waals surface area contributed by atoms with Crippen molar-refractivity contribution >= 4 is 47.6 Å². The second-order valence-corrected chi connectivity index (χ2v) is 12.0. The second kappa shape index (κ2) is 20.2. The molecule has 282 valence electrons. The number of carbonyl (C=O) groups is 7. The van der Waals surface area contributed by atoms with E-state index in [0.717, 1.165) is 5.01 Å². The summed E-state index contributed by atoms with van der Waals surface area (Å²) in [6, 6.07) is -7.87. The number of carboxylic acids is 1. The highest BCUT2D eigenvalue weighted by Gasteiger charge is 2.40. The van der Waals surface area contributed by atoms with Gasteiger partial charge >= 0.3 is 5.97 Å². The van der Waals surface area contributed by atoms with E-state index in [0.29, 0.717) is 18.4 Å². The summed E-state index contributed by atoms with van der Waals surface area (Å²) >= 11 is 0. The van der Waals surface area contributed by atoms with E-state index in [4.69, 9.17) is 11.5 Å². The van der Waals surface area contributed by atoms with E-state index in [9.17, 15) is 54.0 Å². The Bertz CT molecular complexity index is 1320. The average Bonchev–Trinajstić information content (AvgIpc) is 3.09. The lowest BCUT2D eigenvalue weighted by atomic mass is 10.0. The number of aliphatic carboxylic acids is 1. The van der Waals surface area contributed by atoms with Crippen molar-refractivity contribution < 1.29 is 54.0 Å². The third kappa shape index (κ3) is 11.8. The number of allylic oxidation sites excluding steroid dienone is 1. The number of nitrogens with one attached hydrogen (secondary N) is 5. The van der Waals surface area contributed by atoms with Crippen LogP contribution < -0.4 is 38.1 Å². The van der Waals surface area contributed by atoms with Crippen LogP contribution in [0.2, 0.25) is 0 Å². The molecule has 0 aromatic rings. The summed E-state index contributed by atoms with van der Waals surface area (Å²) in [4.78, 5) is 90.3. The lowest BCUT2D eigenvalue weighted by Crippen LogP contribution is -2.64. The number of aliphatic hydroxyl groups excluding tert-OH is 3. The van der Waals surface area contributed by atoms with Crippen LogP contribution in [0, 0.1) is 0 Å². The van der Waals surface area contributed by atoms with Crippen molar-refractivity contribution in [1.82, 2.24) is 31.6 Å². The van der Waals surface area contributed by atoms with Gasteiger partial charge in [-0.25, -0.2) is 9.80 Å². The van der Waals surface area contributed by atoms with Crippen LogP contribution in [-0.4, -0.2) is 135 Å². The zero-order chi connectivity index (χ0) is 38.3. The van der Waals surface area contributed by atoms with Crippen molar-refractivity contribution in [3.63, 3.8) is 0 Å². The van der Waals surface area contributed by atoms with Gasteiger partial charge in [-0.05, 0) is 52.0 Å². The topological polar surface area (TPSA) is 328 Å². The minimum absolute atomic E-state index is 0.0781. The Morgan fingerprint density at radius 1 is 0.960 bits per heavy atom. The van der Waals surface area contributed by atoms with E-state index in [1.165, 1.54) is 20.1 Å². The number of hydrazone groups is 1. The van der Waals surface area contributed by atoms with Gasteiger partial charge in [-0.1, -0.05) is 20.3 Å². The van der Waals surface area contributed by atoms with E-state index >= 15 is 0 Å². The molecular formula is C30H51N9O11. The summed E-state index contributed by atoms with van der Waals surface area (Å²) in [5.74, 6) is -6.81. The summed E-state index contributed by atoms with van der Waals surface area (Å²) in [5.41, 5.74) is 9.73. The number of rotatable bonds is 19. The Labute approximate surface area is 289 Å². The first kappa shape index (κ1) is 43.5. The van der Waals surface area contributed by atoms with Gasteiger partial charge in [0.2, 0.25) is 23.6 Å². The number of hydrogen-bond donors (Lipinski definition) is 11. The molecule has 0 aromatic heterocycles. The van der Waals surface area contributed by atoms with Crippen LogP contribution in [0.5, 0.6) is 0 Å². The van der Waals surface area contributed by atoms with E-state index in [1.807, 2.05) is 0 Å². The highest BCUT2D eigenvalue weighted by molar-refractivity contribution is 6.02. The maximum Gasteiger partial charge on any atom is 0.328 e. The highest BCUT2D eigenvalue weighted by Crippen LogP contribution is 2.17. The smallest absolute Gasteiger partial charge is 0.328 e. The van der Waals surface area contributed by atoms with E-state index in [-0.39, 0.29) is 25.0 Å². The van der Waals surface area contributed by atoms with Gasteiger partial charge in [0, 0.05) is 12.3 Å². The van der Waals surface area contributed by atoms with Crippen LogP contribution in [0.1, 0.15) is 66.7 Å². The third-order valence-electron chi connectivity index (χ3n) is 7.87. The quantitative estimate of drug-likeness (QED) is 0.0565. The van der Waals surface area contributed by atoms with Crippen LogP contribution in [-0.2, 0) is 33.6 Å². The molecule has 1 aliphatic heterocycles. The zero-order valence-electron chi connectivity index (χ0n) is 28.9. The molecule has 0 aromatic carbocycles. The number of carboxylic acid groups (broad SMARTS) is 1. The number of hydrogen-bond acceptors (Lipinski definition) is 13. The number of carbonyl (C=O) groups excluding carboxylic acids is 6. The number of aliphatic hydroxyl groups is 3. The van der Waals surface area contributed by atoms with Gasteiger partial charge < -0.3 is 58.5 Å². The monoisotopic (exact) mass is 713 g/mol. The van der Waals surface area contributed by atoms with Gasteiger partial charge in [0.1, 0.15) is 35.4 Å². The first-order valence-electron chi connectivity index (χ1n) is 16.1. The molecule has 13 N–H and O–H groups in total. The fourth-order valence-corrected chi connectivity index (χ4v) is 4.46. The molecular weight excluding hydrogens is 662 g/mol. The predicted molar refractivity (Wildman–Crippen MR) is 177 cm³/mol. The minimum Gasteiger partial charge on any atom is -0.480 e. The van der Waals surface area contributed by atoms with E-state index in [2.05, 4.69) is 31.7 Å². The van der Waals surface area contributed by atoms with Crippen molar-refractivity contribution in [1.29, 1.82) is 0 Å². The van der Waals surface area contributed by atoms with Crippen molar-refractivity contribution in [3.8, 4) is 0 Å². The molecule has 50 heavy (non-hydrogen) atoms. The maximum atomic E-state index is 13.7. The van der Waals surface area contributed by atoms with Gasteiger partial charge in [0.05, 0.1) is 19.8 Å². The molecule has 0 fully saturated rings. The first-order valence-corrected chi connectivity index (χ1v) is 16.1. The van der Waals surface area contributed by atoms with E-state index < -0.39 is 103 Å². The number of nitrogens with two attached hydrogens (primary N) is 2. The molecule has 0 saturated carbocycles. The zero-order valence-corrected chi connectivity index (χ0v) is 28.9. The molecule has 1 rings (SSSR count). The molecule has 0 spiro atoms. The van der Waals surface area contributed by atoms with Gasteiger partial charge in [-0.15, -0.1) is 0 Å². The summed E-state index contributed by atoms with van der Waals surface area (Å²) < 4.78 is 0. The van der Waals surface area contributed by atoms with E-state index in [1.54, 1.807) is 20.8 Å². The fraction of sp³-hybridized carbons (Fsp3) is 0.667. The Morgan fingerprint density at radius 3 is 2.08 bits per heavy atom. The van der Waals surface area contributed by atoms with Crippen molar-refractivity contribution in [2.75, 3.05) is 19.8 Å². The SMILES string of the molecule is CCCC(NC(=O)C1CCC=NN1C(=O)C(NC(=O)C(C)NC(=O)C(N)(CO)CO)C(C)N)C(=O)NC(C(=O)NC(CO)C(=O)O)=C(C)CC. The highest BCUT2D eigenvalue weighted by atomic mass is 16.4. The first-order chi connectivity index (χ1) is 23.4. The lowest BCUT2D eigenvalue weighted by molar-refractivity contribution is -0.145. The largest absolute Gasteiger partial charge is 0.480 e. The molecule has 0 radical (unpaired) electrons. The number of nitrogens with zero attached hydrogens (tertiary/aromatic N) is 2. The Balaban J connectivity index is 3.20. The molecule has 6 unspecified atom stereocenters. The van der Waals surface area contributed by atoms with Crippen LogP contribution in [0.25, 0.3) is 0 Å². The van der Waals surface area contributed by atoms with Crippen LogP contribution >= 0.6 is 0 Å². The van der Waals surface area contributed by atoms with Gasteiger partial charge in [0.15, 0.2) is 6.04 Å². The summed E-state index contributed by atoms with van der Waals surface area (Å²) in [7, 11) is 0. The summed E-state index contributed by atoms with van der Waals surface area (Å²) in [6.45, 7) is 4.95. The third-order valence-corrected chi connectivity index (χ3v) is 7.87. The molecule has 6 amide bonds. The molecule has 1 aliphatic rings. The van der Waals surface area contributed by atoms with Gasteiger partial charge in [-0.2, -0.15) is 5.10 Å². The van der Waals surface area contributed by atoms with Crippen molar-refractivity contribution in [2.24, 2.45) is 16.6 Å². The van der Waals surface area contributed by atoms with Gasteiger partial charge in [-0.3, -0.25) is 28.8 Å². The van der Waals surface area contributed by atoms with Crippen LogP contribution in [0.3, 0.4) is 0 Å². The minimum atomic E-state index is -2.07. The molecule has 0 saturated heterocycles. The lowest BCUT2D eigenvalue weighted by Gasteiger charge is -2.34. The van der Waals surface area contributed by atoms with Gasteiger partial charge in [0.25, 0.3) is 11.8 Å². The Kier molecular flexibility index (Phi) is 17.6. The molecule has 20 heteroatoms. The summed E-state index contributed by atoms with van der Waals surface area (Å²) in [6.07, 6.45) is 2.54. The molecule has 6 atom stereocenters. The predicted octanol–water partition coefficient (Wildman–Crippen LogP) is -4.37. The van der Waals surface area contributed by atoms with Crippen LogP contribution in [0.4, 0.5) is 0 Å².